The number of urea groups is 1. The number of hydrogen-bond donors (Lipinski definition) is 1. The molecule has 2 fully saturated rings. The Balaban J connectivity index is 2.11. The summed E-state index contributed by atoms with van der Waals surface area (Å²) in [5.41, 5.74) is 0. The standard InChI is InChI=1S/C14H22N2O5/c1-2-21-13(19)11-6-3-4-8-16(11)14(20)15-9-5-7-10(15)12(17)18/h10-11H,2-9H2,1H3,(H,17,18)/t10-,11?/m1/s1. The first-order valence-electron chi connectivity index (χ1n) is 7.53. The molecule has 0 aromatic rings. The summed E-state index contributed by atoms with van der Waals surface area (Å²) in [7, 11) is 0. The van der Waals surface area contributed by atoms with Crippen LogP contribution in [0.4, 0.5) is 4.79 Å². The number of nitrogens with zero attached hydrogens (tertiary/aromatic N) is 2. The summed E-state index contributed by atoms with van der Waals surface area (Å²) in [5.74, 6) is -1.37. The minimum Gasteiger partial charge on any atom is -0.480 e. The van der Waals surface area contributed by atoms with Gasteiger partial charge >= 0.3 is 18.0 Å². The van der Waals surface area contributed by atoms with Crippen LogP contribution in [0.15, 0.2) is 0 Å². The fraction of sp³-hybridized carbons (Fsp3) is 0.786. The largest absolute Gasteiger partial charge is 0.480 e. The van der Waals surface area contributed by atoms with Crippen LogP contribution in [0.2, 0.25) is 0 Å². The molecule has 0 saturated carbocycles. The number of piperidine rings is 1. The monoisotopic (exact) mass is 298 g/mol. The Morgan fingerprint density at radius 1 is 1.05 bits per heavy atom. The Morgan fingerprint density at radius 2 is 1.67 bits per heavy atom. The number of carboxylic acid groups (broad SMARTS) is 1. The molecule has 0 spiro atoms. The zero-order valence-electron chi connectivity index (χ0n) is 12.3. The molecule has 0 aliphatic carbocycles. The molecule has 7 nitrogen and oxygen atoms in total. The molecule has 118 valence electrons. The van der Waals surface area contributed by atoms with Crippen molar-refractivity contribution < 1.29 is 24.2 Å². The van der Waals surface area contributed by atoms with Crippen molar-refractivity contribution >= 4 is 18.0 Å². The topological polar surface area (TPSA) is 87.2 Å². The first-order valence-corrected chi connectivity index (χ1v) is 7.53. The number of amides is 2. The van der Waals surface area contributed by atoms with Gasteiger partial charge in [0.05, 0.1) is 6.61 Å². The maximum atomic E-state index is 12.6. The van der Waals surface area contributed by atoms with Gasteiger partial charge in [0, 0.05) is 13.1 Å². The Bertz CT molecular complexity index is 426. The smallest absolute Gasteiger partial charge is 0.328 e. The molecule has 0 aromatic heterocycles. The second-order valence-corrected chi connectivity index (χ2v) is 5.43. The van der Waals surface area contributed by atoms with E-state index in [1.165, 1.54) is 9.80 Å². The molecule has 2 atom stereocenters. The highest BCUT2D eigenvalue weighted by Gasteiger charge is 2.41. The van der Waals surface area contributed by atoms with Gasteiger partial charge in [-0.1, -0.05) is 0 Å². The highest BCUT2D eigenvalue weighted by molar-refractivity contribution is 5.87. The van der Waals surface area contributed by atoms with E-state index in [0.717, 1.165) is 12.8 Å². The van der Waals surface area contributed by atoms with E-state index in [2.05, 4.69) is 0 Å². The molecule has 2 saturated heterocycles. The molecule has 2 rings (SSSR count). The van der Waals surface area contributed by atoms with E-state index in [1.807, 2.05) is 0 Å². The summed E-state index contributed by atoms with van der Waals surface area (Å²) in [6, 6.07) is -1.71. The van der Waals surface area contributed by atoms with Crippen LogP contribution >= 0.6 is 0 Å². The number of esters is 1. The number of likely N-dealkylation sites (tertiary alicyclic amines) is 2. The number of carboxylic acids is 1. The van der Waals surface area contributed by atoms with Crippen molar-refractivity contribution in [2.24, 2.45) is 0 Å². The number of aliphatic carboxylic acids is 1. The number of ether oxygens (including phenoxy) is 1. The van der Waals surface area contributed by atoms with E-state index in [-0.39, 0.29) is 12.6 Å². The number of carbonyl (C=O) groups excluding carboxylic acids is 2. The quantitative estimate of drug-likeness (QED) is 0.788. The van der Waals surface area contributed by atoms with Crippen LogP contribution in [0.5, 0.6) is 0 Å². The Hall–Kier alpha value is -1.79. The van der Waals surface area contributed by atoms with Crippen LogP contribution in [0.25, 0.3) is 0 Å². The van der Waals surface area contributed by atoms with Crippen LogP contribution in [0.3, 0.4) is 0 Å². The molecule has 1 unspecified atom stereocenters. The van der Waals surface area contributed by atoms with E-state index < -0.39 is 24.0 Å². The maximum Gasteiger partial charge on any atom is 0.328 e. The Morgan fingerprint density at radius 3 is 2.33 bits per heavy atom. The molecule has 2 aliphatic rings. The first kappa shape index (κ1) is 15.6. The lowest BCUT2D eigenvalue weighted by atomic mass is 10.0. The summed E-state index contributed by atoms with van der Waals surface area (Å²) in [5, 5.41) is 9.19. The van der Waals surface area contributed by atoms with Gasteiger partial charge < -0.3 is 19.6 Å². The third-order valence-electron chi connectivity index (χ3n) is 4.09. The fourth-order valence-corrected chi connectivity index (χ4v) is 3.06. The van der Waals surface area contributed by atoms with Gasteiger partial charge in [-0.15, -0.1) is 0 Å². The van der Waals surface area contributed by atoms with E-state index in [9.17, 15) is 19.5 Å². The molecule has 0 bridgehead atoms. The van der Waals surface area contributed by atoms with Crippen molar-refractivity contribution in [3.8, 4) is 0 Å². The molecule has 2 amide bonds. The molecule has 1 N–H and O–H groups in total. The van der Waals surface area contributed by atoms with Gasteiger partial charge in [-0.05, 0) is 39.0 Å². The summed E-state index contributed by atoms with van der Waals surface area (Å²) >= 11 is 0. The second kappa shape index (κ2) is 6.78. The molecular weight excluding hydrogens is 276 g/mol. The van der Waals surface area contributed by atoms with Crippen LogP contribution in [0, 0.1) is 0 Å². The zero-order chi connectivity index (χ0) is 15.4. The first-order chi connectivity index (χ1) is 10.1. The van der Waals surface area contributed by atoms with Gasteiger partial charge in [-0.2, -0.15) is 0 Å². The highest BCUT2D eigenvalue weighted by Crippen LogP contribution is 2.24. The third kappa shape index (κ3) is 3.28. The van der Waals surface area contributed by atoms with E-state index in [1.54, 1.807) is 6.92 Å². The molecule has 21 heavy (non-hydrogen) atoms. The number of rotatable bonds is 3. The van der Waals surface area contributed by atoms with E-state index in [0.29, 0.717) is 32.4 Å². The Labute approximate surface area is 123 Å². The summed E-state index contributed by atoms with van der Waals surface area (Å²) < 4.78 is 5.03. The van der Waals surface area contributed by atoms with Crippen LogP contribution in [-0.4, -0.2) is 64.7 Å². The lowest BCUT2D eigenvalue weighted by Gasteiger charge is -2.37. The van der Waals surface area contributed by atoms with Gasteiger partial charge in [0.25, 0.3) is 0 Å². The zero-order valence-corrected chi connectivity index (χ0v) is 12.3. The van der Waals surface area contributed by atoms with Gasteiger partial charge in [-0.3, -0.25) is 0 Å². The number of hydrogen-bond acceptors (Lipinski definition) is 4. The van der Waals surface area contributed by atoms with E-state index in [4.69, 9.17) is 4.74 Å². The molecule has 2 aliphatic heterocycles. The van der Waals surface area contributed by atoms with Crippen LogP contribution in [0.1, 0.15) is 39.0 Å². The molecule has 7 heteroatoms. The van der Waals surface area contributed by atoms with Gasteiger partial charge in [0.1, 0.15) is 12.1 Å². The van der Waals surface area contributed by atoms with Crippen molar-refractivity contribution in [1.29, 1.82) is 0 Å². The van der Waals surface area contributed by atoms with Crippen molar-refractivity contribution in [1.82, 2.24) is 9.80 Å². The lowest BCUT2D eigenvalue weighted by Crippen LogP contribution is -2.55. The Kier molecular flexibility index (Phi) is 5.03. The van der Waals surface area contributed by atoms with Gasteiger partial charge in [0.15, 0.2) is 0 Å². The maximum absolute atomic E-state index is 12.6. The molecular formula is C14H22N2O5. The van der Waals surface area contributed by atoms with Crippen molar-refractivity contribution in [3.05, 3.63) is 0 Å². The van der Waals surface area contributed by atoms with Gasteiger partial charge in [-0.25, -0.2) is 14.4 Å². The normalized spacial score (nSPS) is 25.8. The van der Waals surface area contributed by atoms with Crippen molar-refractivity contribution in [2.45, 2.75) is 51.1 Å². The van der Waals surface area contributed by atoms with E-state index >= 15 is 0 Å². The van der Waals surface area contributed by atoms with Crippen LogP contribution < -0.4 is 0 Å². The van der Waals surface area contributed by atoms with Crippen molar-refractivity contribution in [3.63, 3.8) is 0 Å². The third-order valence-corrected chi connectivity index (χ3v) is 4.09. The summed E-state index contributed by atoms with van der Waals surface area (Å²) in [4.78, 5) is 38.7. The minimum absolute atomic E-state index is 0.277. The lowest BCUT2D eigenvalue weighted by molar-refractivity contribution is -0.149. The molecule has 0 aromatic carbocycles. The SMILES string of the molecule is CCOC(=O)C1CCCCN1C(=O)N1CCC[C@@H]1C(=O)O. The fourth-order valence-electron chi connectivity index (χ4n) is 3.06. The minimum atomic E-state index is -0.981. The van der Waals surface area contributed by atoms with Crippen molar-refractivity contribution in [2.75, 3.05) is 19.7 Å². The van der Waals surface area contributed by atoms with Gasteiger partial charge in [0.2, 0.25) is 0 Å². The highest BCUT2D eigenvalue weighted by atomic mass is 16.5. The average Bonchev–Trinajstić information content (AvgIpc) is 2.96. The number of carbonyl (C=O) groups is 3. The average molecular weight is 298 g/mol. The van der Waals surface area contributed by atoms with Crippen LogP contribution in [-0.2, 0) is 14.3 Å². The molecule has 0 radical (unpaired) electrons. The summed E-state index contributed by atoms with van der Waals surface area (Å²) in [6.45, 7) is 2.92. The molecule has 2 heterocycles. The second-order valence-electron chi connectivity index (χ2n) is 5.43. The predicted octanol–water partition coefficient (Wildman–Crippen LogP) is 1.07. The predicted molar refractivity (Wildman–Crippen MR) is 73.7 cm³/mol. The summed E-state index contributed by atoms with van der Waals surface area (Å²) in [6.07, 6.45) is 3.43.